The molecule has 0 amide bonds. The van der Waals surface area contributed by atoms with E-state index in [0.29, 0.717) is 50.8 Å². The van der Waals surface area contributed by atoms with Crippen LogP contribution in [0.15, 0.2) is 42.5 Å². The van der Waals surface area contributed by atoms with E-state index in [4.69, 9.17) is 33.2 Å². The molecular formula is C35H68O7. The number of ether oxygens (including phenoxy) is 7. The summed E-state index contributed by atoms with van der Waals surface area (Å²) in [5.41, 5.74) is 0. The minimum absolute atomic E-state index is 0.328. The van der Waals surface area contributed by atoms with E-state index in [1.165, 1.54) is 0 Å². The summed E-state index contributed by atoms with van der Waals surface area (Å²) in [6.45, 7) is 26.4. The summed E-state index contributed by atoms with van der Waals surface area (Å²) in [6.07, 6.45) is 9.80. The Balaban J connectivity index is -0.000000494. The SMILES string of the molecule is C/C=C/COC(C)CC.CCC(C)OCCOC.CCC(C)OCCOc1ccccc1.CCOCCOC(C)CC. The van der Waals surface area contributed by atoms with E-state index in [2.05, 4.69) is 55.4 Å². The standard InChI is InChI=1S/C12H18O2.C8H18O2.C8H16O.C7H16O2/c1-3-11(2)13-9-10-14-12-7-5-4-6-8-12;1-4-8(3)10-7-6-9-5-2;1-4-6-7-9-8(3)5-2;1-4-7(2)9-6-5-8-3/h4-8,11H,3,9-10H2,1-2H3;8H,4-7H2,1-3H3;4,6,8H,5,7H2,1-3H3;7H,4-6H2,1-3H3/b;;6-4+;. The maximum absolute atomic E-state index is 5.49. The lowest BCUT2D eigenvalue weighted by Crippen LogP contribution is -2.13. The Labute approximate surface area is 260 Å². The van der Waals surface area contributed by atoms with Gasteiger partial charge in [0, 0.05) is 13.7 Å². The van der Waals surface area contributed by atoms with Gasteiger partial charge in [-0.05, 0) is 79.4 Å². The van der Waals surface area contributed by atoms with Crippen LogP contribution < -0.4 is 4.74 Å². The molecule has 0 spiro atoms. The minimum Gasteiger partial charge on any atom is -0.491 e. The Kier molecular flexibility index (Phi) is 40.2. The number of hydrogen-bond donors (Lipinski definition) is 0. The highest BCUT2D eigenvalue weighted by Gasteiger charge is 1.98. The van der Waals surface area contributed by atoms with Gasteiger partial charge in [-0.1, -0.05) is 58.0 Å². The first-order chi connectivity index (χ1) is 20.2. The van der Waals surface area contributed by atoms with Crippen molar-refractivity contribution in [2.24, 2.45) is 0 Å². The first-order valence-electron chi connectivity index (χ1n) is 16.1. The average Bonchev–Trinajstić information content (AvgIpc) is 3.02. The van der Waals surface area contributed by atoms with Crippen LogP contribution in [0.4, 0.5) is 0 Å². The van der Waals surface area contributed by atoms with Crippen LogP contribution in [-0.4, -0.2) is 84.4 Å². The molecular weight excluding hydrogens is 532 g/mol. The molecule has 0 fully saturated rings. The molecule has 1 rings (SSSR count). The van der Waals surface area contributed by atoms with E-state index >= 15 is 0 Å². The number of hydrogen-bond acceptors (Lipinski definition) is 7. The lowest BCUT2D eigenvalue weighted by atomic mass is 10.3. The van der Waals surface area contributed by atoms with Crippen molar-refractivity contribution in [3.63, 3.8) is 0 Å². The second-order valence-electron chi connectivity index (χ2n) is 9.74. The van der Waals surface area contributed by atoms with E-state index in [1.54, 1.807) is 7.11 Å². The smallest absolute Gasteiger partial charge is 0.119 e. The molecule has 1 aromatic rings. The quantitative estimate of drug-likeness (QED) is 0.103. The topological polar surface area (TPSA) is 64.6 Å². The Morgan fingerprint density at radius 2 is 1.05 bits per heavy atom. The van der Waals surface area contributed by atoms with Gasteiger partial charge in [-0.15, -0.1) is 0 Å². The highest BCUT2D eigenvalue weighted by atomic mass is 16.5. The number of benzene rings is 1. The van der Waals surface area contributed by atoms with Gasteiger partial charge >= 0.3 is 0 Å². The van der Waals surface area contributed by atoms with Gasteiger partial charge in [0.25, 0.3) is 0 Å². The fourth-order valence-corrected chi connectivity index (χ4v) is 2.50. The maximum atomic E-state index is 5.49. The molecule has 0 heterocycles. The molecule has 4 atom stereocenters. The molecule has 0 radical (unpaired) electrons. The molecule has 42 heavy (non-hydrogen) atoms. The van der Waals surface area contributed by atoms with E-state index < -0.39 is 0 Å². The number of para-hydroxylation sites is 1. The van der Waals surface area contributed by atoms with Crippen molar-refractivity contribution < 1.29 is 33.2 Å². The molecule has 0 N–H and O–H groups in total. The third-order valence-corrected chi connectivity index (χ3v) is 6.03. The number of rotatable bonds is 21. The Morgan fingerprint density at radius 3 is 1.48 bits per heavy atom. The first-order valence-corrected chi connectivity index (χ1v) is 16.1. The maximum Gasteiger partial charge on any atom is 0.119 e. The van der Waals surface area contributed by atoms with Gasteiger partial charge in [0.2, 0.25) is 0 Å². The van der Waals surface area contributed by atoms with Crippen molar-refractivity contribution >= 4 is 0 Å². The summed E-state index contributed by atoms with van der Waals surface area (Å²) in [4.78, 5) is 0. The van der Waals surface area contributed by atoms with Crippen molar-refractivity contribution in [1.29, 1.82) is 0 Å². The van der Waals surface area contributed by atoms with Crippen LogP contribution >= 0.6 is 0 Å². The van der Waals surface area contributed by atoms with Crippen molar-refractivity contribution in [2.45, 2.75) is 119 Å². The Morgan fingerprint density at radius 1 is 0.595 bits per heavy atom. The van der Waals surface area contributed by atoms with E-state index in [1.807, 2.05) is 56.3 Å². The summed E-state index contributed by atoms with van der Waals surface area (Å²) in [7, 11) is 1.68. The Bertz CT molecular complexity index is 627. The lowest BCUT2D eigenvalue weighted by Gasteiger charge is -2.11. The molecule has 0 saturated heterocycles. The normalized spacial score (nSPS) is 13.4. The van der Waals surface area contributed by atoms with E-state index in [9.17, 15) is 0 Å². The van der Waals surface area contributed by atoms with Crippen molar-refractivity contribution in [1.82, 2.24) is 0 Å². The molecule has 0 aliphatic rings. The summed E-state index contributed by atoms with van der Waals surface area (Å²) in [6, 6.07) is 9.80. The van der Waals surface area contributed by atoms with Crippen molar-refractivity contribution in [3.8, 4) is 5.75 Å². The summed E-state index contributed by atoms with van der Waals surface area (Å²) in [5.74, 6) is 0.903. The molecule has 0 aromatic heterocycles. The van der Waals surface area contributed by atoms with Gasteiger partial charge in [0.1, 0.15) is 12.4 Å². The predicted molar refractivity (Wildman–Crippen MR) is 178 cm³/mol. The zero-order chi connectivity index (χ0) is 32.3. The van der Waals surface area contributed by atoms with E-state index in [-0.39, 0.29) is 0 Å². The van der Waals surface area contributed by atoms with Gasteiger partial charge in [-0.25, -0.2) is 0 Å². The third kappa shape index (κ3) is 38.5. The highest BCUT2D eigenvalue weighted by molar-refractivity contribution is 5.20. The van der Waals surface area contributed by atoms with Crippen LogP contribution in [0.5, 0.6) is 5.75 Å². The highest BCUT2D eigenvalue weighted by Crippen LogP contribution is 2.08. The molecule has 4 unspecified atom stereocenters. The summed E-state index contributed by atoms with van der Waals surface area (Å²) in [5, 5.41) is 0. The molecule has 7 nitrogen and oxygen atoms in total. The molecule has 0 bridgehead atoms. The van der Waals surface area contributed by atoms with Crippen LogP contribution in [0.1, 0.15) is 94.9 Å². The molecule has 7 heteroatoms. The second kappa shape index (κ2) is 37.5. The van der Waals surface area contributed by atoms with Crippen molar-refractivity contribution in [3.05, 3.63) is 42.5 Å². The third-order valence-electron chi connectivity index (χ3n) is 6.03. The molecule has 0 aliphatic heterocycles. The second-order valence-corrected chi connectivity index (χ2v) is 9.74. The van der Waals surface area contributed by atoms with Gasteiger partial charge in [0.15, 0.2) is 0 Å². The van der Waals surface area contributed by atoms with Crippen LogP contribution in [0.3, 0.4) is 0 Å². The predicted octanol–water partition coefficient (Wildman–Crippen LogP) is 8.54. The first kappa shape index (κ1) is 45.0. The molecule has 1 aromatic carbocycles. The molecule has 0 saturated carbocycles. The Hall–Kier alpha value is -1.48. The van der Waals surface area contributed by atoms with Crippen LogP contribution in [-0.2, 0) is 28.4 Å². The minimum atomic E-state index is 0.328. The van der Waals surface area contributed by atoms with Crippen LogP contribution in [0, 0.1) is 0 Å². The van der Waals surface area contributed by atoms with Gasteiger partial charge in [0.05, 0.1) is 64.1 Å². The summed E-state index contributed by atoms with van der Waals surface area (Å²) < 4.78 is 36.9. The van der Waals surface area contributed by atoms with Gasteiger partial charge < -0.3 is 33.2 Å². The monoisotopic (exact) mass is 600 g/mol. The molecule has 0 aliphatic carbocycles. The molecule has 250 valence electrons. The average molecular weight is 601 g/mol. The fraction of sp³-hybridized carbons (Fsp3) is 0.771. The van der Waals surface area contributed by atoms with Gasteiger partial charge in [-0.3, -0.25) is 0 Å². The van der Waals surface area contributed by atoms with Crippen LogP contribution in [0.2, 0.25) is 0 Å². The van der Waals surface area contributed by atoms with Crippen molar-refractivity contribution in [2.75, 3.05) is 60.0 Å². The summed E-state index contributed by atoms with van der Waals surface area (Å²) >= 11 is 0. The van der Waals surface area contributed by atoms with E-state index in [0.717, 1.165) is 57.9 Å². The van der Waals surface area contributed by atoms with Crippen LogP contribution in [0.25, 0.3) is 0 Å². The number of allylic oxidation sites excluding steroid dienone is 1. The largest absolute Gasteiger partial charge is 0.491 e. The lowest BCUT2D eigenvalue weighted by molar-refractivity contribution is 0.0142. The van der Waals surface area contributed by atoms with Gasteiger partial charge in [-0.2, -0.15) is 0 Å². The fourth-order valence-electron chi connectivity index (χ4n) is 2.50. The number of methoxy groups -OCH3 is 1. The zero-order valence-electron chi connectivity index (χ0n) is 29.2. The zero-order valence-corrected chi connectivity index (χ0v) is 29.2.